The van der Waals surface area contributed by atoms with Crippen molar-refractivity contribution in [3.8, 4) is 0 Å². The maximum Gasteiger partial charge on any atom is 0.0314 e. The second kappa shape index (κ2) is 7.67. The van der Waals surface area contributed by atoms with E-state index in [1.807, 2.05) is 12.1 Å². The van der Waals surface area contributed by atoms with Gasteiger partial charge in [-0.05, 0) is 93.2 Å². The molecule has 0 aliphatic heterocycles. The monoisotopic (exact) mass is 315 g/mol. The summed E-state index contributed by atoms with van der Waals surface area (Å²) in [6.07, 6.45) is 11.3. The summed E-state index contributed by atoms with van der Waals surface area (Å²) in [5, 5.41) is 0. The van der Waals surface area contributed by atoms with Crippen molar-refractivity contribution in [2.24, 2.45) is 29.2 Å². The number of benzene rings is 1. The van der Waals surface area contributed by atoms with Crippen molar-refractivity contribution in [1.82, 2.24) is 0 Å². The Labute approximate surface area is 141 Å². The highest BCUT2D eigenvalue weighted by Crippen LogP contribution is 2.37. The molecule has 1 aromatic rings. The van der Waals surface area contributed by atoms with Crippen molar-refractivity contribution < 1.29 is 0 Å². The second-order valence-corrected chi connectivity index (χ2v) is 8.07. The summed E-state index contributed by atoms with van der Waals surface area (Å²) in [6.45, 7) is 0. The van der Waals surface area contributed by atoms with E-state index in [1.54, 1.807) is 0 Å². The molecule has 128 valence electrons. The molecule has 0 bridgehead atoms. The molecule has 0 aromatic heterocycles. The lowest BCUT2D eigenvalue weighted by atomic mass is 9.70. The van der Waals surface area contributed by atoms with Gasteiger partial charge in [0.25, 0.3) is 0 Å². The van der Waals surface area contributed by atoms with Crippen LogP contribution in [0.5, 0.6) is 0 Å². The van der Waals surface area contributed by atoms with Crippen molar-refractivity contribution >= 4 is 5.69 Å². The van der Waals surface area contributed by atoms with Crippen LogP contribution < -0.4 is 17.2 Å². The van der Waals surface area contributed by atoms with Crippen LogP contribution in [0.25, 0.3) is 0 Å². The SMILES string of the molecule is Nc1ccc(CC2CCC(N)[C@@H](CC3CCC(N)CC3)C2)cc1. The van der Waals surface area contributed by atoms with E-state index in [1.165, 1.54) is 63.4 Å². The van der Waals surface area contributed by atoms with Crippen molar-refractivity contribution in [2.45, 2.75) is 69.9 Å². The standard InChI is InChI=1S/C20H33N3/c21-18-6-1-14(2-7-18)11-16-5-10-20(23)17(13-16)12-15-3-8-19(22)9-4-15/h1-2,6-7,15-17,19-20H,3-5,8-13,21-23H2/t15?,16?,17-,19?,20?/m0/s1. The van der Waals surface area contributed by atoms with Gasteiger partial charge in [0.1, 0.15) is 0 Å². The largest absolute Gasteiger partial charge is 0.399 e. The summed E-state index contributed by atoms with van der Waals surface area (Å²) in [7, 11) is 0. The smallest absolute Gasteiger partial charge is 0.0314 e. The van der Waals surface area contributed by atoms with Crippen LogP contribution in [0.4, 0.5) is 5.69 Å². The third-order valence-corrected chi connectivity index (χ3v) is 6.18. The van der Waals surface area contributed by atoms with Crippen molar-refractivity contribution in [2.75, 3.05) is 5.73 Å². The van der Waals surface area contributed by atoms with Crippen molar-refractivity contribution in [1.29, 1.82) is 0 Å². The average molecular weight is 316 g/mol. The number of rotatable bonds is 4. The van der Waals surface area contributed by atoms with Gasteiger partial charge in [0.15, 0.2) is 0 Å². The molecular weight excluding hydrogens is 282 g/mol. The third-order valence-electron chi connectivity index (χ3n) is 6.18. The van der Waals surface area contributed by atoms with Gasteiger partial charge in [-0.15, -0.1) is 0 Å². The van der Waals surface area contributed by atoms with Crippen LogP contribution in [0.15, 0.2) is 24.3 Å². The van der Waals surface area contributed by atoms with Gasteiger partial charge >= 0.3 is 0 Å². The highest BCUT2D eigenvalue weighted by Gasteiger charge is 2.31. The van der Waals surface area contributed by atoms with Gasteiger partial charge in [0, 0.05) is 17.8 Å². The lowest BCUT2D eigenvalue weighted by molar-refractivity contribution is 0.176. The van der Waals surface area contributed by atoms with Gasteiger partial charge in [-0.25, -0.2) is 0 Å². The minimum absolute atomic E-state index is 0.410. The normalized spacial score (nSPS) is 35.1. The van der Waals surface area contributed by atoms with Gasteiger partial charge in [0.05, 0.1) is 0 Å². The molecule has 0 heterocycles. The molecule has 2 saturated carbocycles. The molecule has 3 nitrogen and oxygen atoms in total. The van der Waals surface area contributed by atoms with E-state index in [0.29, 0.717) is 18.0 Å². The molecule has 2 fully saturated rings. The Hall–Kier alpha value is -1.06. The molecule has 3 heteroatoms. The second-order valence-electron chi connectivity index (χ2n) is 8.07. The first kappa shape index (κ1) is 16.8. The minimum atomic E-state index is 0.410. The molecule has 0 amide bonds. The Morgan fingerprint density at radius 3 is 2.17 bits per heavy atom. The Morgan fingerprint density at radius 1 is 0.826 bits per heavy atom. The molecule has 3 rings (SSSR count). The minimum Gasteiger partial charge on any atom is -0.399 e. The molecule has 0 spiro atoms. The maximum atomic E-state index is 6.46. The Kier molecular flexibility index (Phi) is 5.60. The lowest BCUT2D eigenvalue weighted by Gasteiger charge is -2.37. The fraction of sp³-hybridized carbons (Fsp3) is 0.700. The predicted molar refractivity (Wildman–Crippen MR) is 97.9 cm³/mol. The van der Waals surface area contributed by atoms with Gasteiger partial charge in [-0.3, -0.25) is 0 Å². The van der Waals surface area contributed by atoms with Crippen LogP contribution in [0, 0.1) is 17.8 Å². The van der Waals surface area contributed by atoms with Crippen LogP contribution >= 0.6 is 0 Å². The van der Waals surface area contributed by atoms with E-state index < -0.39 is 0 Å². The third kappa shape index (κ3) is 4.71. The average Bonchev–Trinajstić information content (AvgIpc) is 2.55. The fourth-order valence-electron chi connectivity index (χ4n) is 4.68. The Morgan fingerprint density at radius 2 is 1.48 bits per heavy atom. The molecule has 3 atom stereocenters. The van der Waals surface area contributed by atoms with E-state index in [9.17, 15) is 0 Å². The molecule has 2 aliphatic carbocycles. The lowest BCUT2D eigenvalue weighted by Crippen LogP contribution is -2.38. The molecular formula is C20H33N3. The van der Waals surface area contributed by atoms with E-state index in [0.717, 1.165) is 17.5 Å². The van der Waals surface area contributed by atoms with Crippen LogP contribution in [-0.2, 0) is 6.42 Å². The van der Waals surface area contributed by atoms with Gasteiger partial charge < -0.3 is 17.2 Å². The first-order chi connectivity index (χ1) is 11.1. The Bertz CT molecular complexity index is 476. The Balaban J connectivity index is 1.53. The van der Waals surface area contributed by atoms with E-state index in [4.69, 9.17) is 17.2 Å². The number of hydrogen-bond acceptors (Lipinski definition) is 3. The van der Waals surface area contributed by atoms with Crippen LogP contribution in [0.3, 0.4) is 0 Å². The molecule has 2 unspecified atom stereocenters. The number of nitrogens with two attached hydrogens (primary N) is 3. The summed E-state index contributed by atoms with van der Waals surface area (Å²) < 4.78 is 0. The molecule has 0 radical (unpaired) electrons. The molecule has 23 heavy (non-hydrogen) atoms. The van der Waals surface area contributed by atoms with Gasteiger partial charge in [-0.2, -0.15) is 0 Å². The summed E-state index contributed by atoms with van der Waals surface area (Å²) in [4.78, 5) is 0. The number of anilines is 1. The predicted octanol–water partition coefficient (Wildman–Crippen LogP) is 3.46. The summed E-state index contributed by atoms with van der Waals surface area (Å²) >= 11 is 0. The fourth-order valence-corrected chi connectivity index (χ4v) is 4.68. The highest BCUT2D eigenvalue weighted by molar-refractivity contribution is 5.39. The van der Waals surface area contributed by atoms with Gasteiger partial charge in [-0.1, -0.05) is 12.1 Å². The van der Waals surface area contributed by atoms with Crippen molar-refractivity contribution in [3.05, 3.63) is 29.8 Å². The topological polar surface area (TPSA) is 78.1 Å². The number of nitrogen functional groups attached to an aromatic ring is 1. The van der Waals surface area contributed by atoms with E-state index >= 15 is 0 Å². The highest BCUT2D eigenvalue weighted by atomic mass is 14.7. The summed E-state index contributed by atoms with van der Waals surface area (Å²) in [6, 6.07) is 9.26. The van der Waals surface area contributed by atoms with E-state index in [-0.39, 0.29) is 0 Å². The zero-order valence-corrected chi connectivity index (χ0v) is 14.3. The van der Waals surface area contributed by atoms with E-state index in [2.05, 4.69) is 12.1 Å². The van der Waals surface area contributed by atoms with Crippen molar-refractivity contribution in [3.63, 3.8) is 0 Å². The summed E-state index contributed by atoms with van der Waals surface area (Å²) in [5.41, 5.74) is 20.6. The van der Waals surface area contributed by atoms with Crippen LogP contribution in [0.2, 0.25) is 0 Å². The maximum absolute atomic E-state index is 6.46. The zero-order valence-electron chi connectivity index (χ0n) is 14.3. The quantitative estimate of drug-likeness (QED) is 0.745. The first-order valence-electron chi connectivity index (χ1n) is 9.45. The summed E-state index contributed by atoms with van der Waals surface area (Å²) in [5.74, 6) is 2.36. The zero-order chi connectivity index (χ0) is 16.2. The molecule has 1 aromatic carbocycles. The first-order valence-corrected chi connectivity index (χ1v) is 9.45. The molecule has 0 saturated heterocycles. The molecule has 2 aliphatic rings. The number of hydrogen-bond donors (Lipinski definition) is 3. The van der Waals surface area contributed by atoms with Gasteiger partial charge in [0.2, 0.25) is 0 Å². The molecule has 6 N–H and O–H groups in total. The van der Waals surface area contributed by atoms with Crippen LogP contribution in [0.1, 0.15) is 56.9 Å². The van der Waals surface area contributed by atoms with Crippen LogP contribution in [-0.4, -0.2) is 12.1 Å².